The molecule has 0 radical (unpaired) electrons. The highest BCUT2D eigenvalue weighted by atomic mass is 79.9. The highest BCUT2D eigenvalue weighted by Crippen LogP contribution is 2.15. The number of carbonyl (C=O) groups is 1. The maximum atomic E-state index is 10.6. The number of carboxylic acids is 1. The summed E-state index contributed by atoms with van der Waals surface area (Å²) >= 11 is 3.20. The van der Waals surface area contributed by atoms with Crippen LogP contribution in [-0.4, -0.2) is 22.4 Å². The third kappa shape index (κ3) is 6.78. The van der Waals surface area contributed by atoms with Crippen molar-refractivity contribution >= 4 is 21.9 Å². The average Bonchev–Trinajstić information content (AvgIpc) is 2.02. The number of aromatic hydroxyl groups is 1. The maximum absolute atomic E-state index is 10.6. The van der Waals surface area contributed by atoms with Gasteiger partial charge < -0.3 is 10.2 Å². The fraction of sp³-hybridized carbons (Fsp3) is 0.125. The zero-order valence-electron chi connectivity index (χ0n) is 7.12. The molecule has 2 N–H and O–H groups in total. The van der Waals surface area contributed by atoms with Crippen LogP contribution in [0, 0.1) is 0 Å². The number of phenolic OH excluding ortho intramolecular Hbond substituents is 1. The van der Waals surface area contributed by atoms with Crippen LogP contribution in [0.2, 0.25) is 0 Å². The van der Waals surface area contributed by atoms with Crippen molar-refractivity contribution in [1.82, 2.24) is 0 Å². The largest absolute Gasteiger partial charge is 0.508 e. The van der Waals surface area contributed by atoms with Crippen LogP contribution < -0.4 is 0 Å². The van der Waals surface area contributed by atoms with Gasteiger partial charge in [0.2, 0.25) is 0 Å². The van der Waals surface area contributed by atoms with E-state index in [0.29, 0.717) is 5.75 Å². The normalized spacial score (nSPS) is 10.1. The molecule has 0 bridgehead atoms. The van der Waals surface area contributed by atoms with E-state index in [1.165, 1.54) is 0 Å². The van der Waals surface area contributed by atoms with Crippen molar-refractivity contribution in [1.29, 1.82) is 0 Å². The molecule has 1 rings (SSSR count). The van der Waals surface area contributed by atoms with Gasteiger partial charge in [0, 0.05) is 4.47 Å². The van der Waals surface area contributed by atoms with E-state index in [2.05, 4.69) is 15.9 Å². The third-order valence-corrected chi connectivity index (χ3v) is 1.54. The number of alkyl halides is 3. The second-order valence-electron chi connectivity index (χ2n) is 2.28. The van der Waals surface area contributed by atoms with Crippen molar-refractivity contribution in [2.24, 2.45) is 0 Å². The van der Waals surface area contributed by atoms with Gasteiger partial charge in [-0.2, -0.15) is 13.2 Å². The standard InChI is InChI=1S/C6H5BrO.C2HF3O2/c7-5-2-1-3-6(8)4-5;3-2(4,5)1(6)7/h1-4,8H;(H,6,7). The topological polar surface area (TPSA) is 57.5 Å². The average molecular weight is 287 g/mol. The molecule has 0 saturated carbocycles. The molecule has 0 aliphatic heterocycles. The Morgan fingerprint density at radius 2 is 1.80 bits per heavy atom. The Kier molecular flexibility index (Phi) is 5.13. The second-order valence-corrected chi connectivity index (χ2v) is 3.20. The van der Waals surface area contributed by atoms with Crippen LogP contribution in [0.1, 0.15) is 0 Å². The van der Waals surface area contributed by atoms with Crippen LogP contribution in [0.25, 0.3) is 0 Å². The smallest absolute Gasteiger partial charge is 0.490 e. The summed E-state index contributed by atoms with van der Waals surface area (Å²) in [5.41, 5.74) is 0. The van der Waals surface area contributed by atoms with E-state index in [1.807, 2.05) is 6.07 Å². The fourth-order valence-electron chi connectivity index (χ4n) is 0.476. The van der Waals surface area contributed by atoms with Gasteiger partial charge in [-0.15, -0.1) is 0 Å². The summed E-state index contributed by atoms with van der Waals surface area (Å²) in [7, 11) is 0. The number of aliphatic carboxylic acids is 1. The quantitative estimate of drug-likeness (QED) is 0.771. The van der Waals surface area contributed by atoms with Gasteiger partial charge in [0.1, 0.15) is 5.75 Å². The molecule has 1 aromatic carbocycles. The summed E-state index contributed by atoms with van der Waals surface area (Å²) in [6.45, 7) is 0. The SMILES string of the molecule is O=C(O)C(F)(F)F.Oc1cccc(Br)c1. The molecule has 1 aromatic rings. The van der Waals surface area contributed by atoms with Crippen molar-refractivity contribution in [3.05, 3.63) is 28.7 Å². The number of rotatable bonds is 0. The molecule has 0 atom stereocenters. The summed E-state index contributed by atoms with van der Waals surface area (Å²) in [6, 6.07) is 6.91. The molecule has 84 valence electrons. The van der Waals surface area contributed by atoms with Gasteiger partial charge in [-0.05, 0) is 18.2 Å². The van der Waals surface area contributed by atoms with Gasteiger partial charge in [0.25, 0.3) is 0 Å². The van der Waals surface area contributed by atoms with Crippen LogP contribution in [0.5, 0.6) is 5.75 Å². The van der Waals surface area contributed by atoms with Crippen molar-refractivity contribution < 1.29 is 28.2 Å². The molecule has 0 amide bonds. The Morgan fingerprint density at radius 3 is 2.00 bits per heavy atom. The van der Waals surface area contributed by atoms with Crippen LogP contribution in [0.4, 0.5) is 13.2 Å². The third-order valence-electron chi connectivity index (χ3n) is 1.05. The number of phenols is 1. The summed E-state index contributed by atoms with van der Waals surface area (Å²) in [4.78, 5) is 8.90. The molecule has 0 saturated heterocycles. The molecule has 15 heavy (non-hydrogen) atoms. The molecule has 0 unspecified atom stereocenters. The number of halogens is 4. The van der Waals surface area contributed by atoms with Gasteiger partial charge in [-0.1, -0.05) is 22.0 Å². The second kappa shape index (κ2) is 5.59. The van der Waals surface area contributed by atoms with Gasteiger partial charge in [-0.3, -0.25) is 0 Å². The van der Waals surface area contributed by atoms with E-state index in [1.54, 1.807) is 18.2 Å². The Bertz CT molecular complexity index is 321. The van der Waals surface area contributed by atoms with Crippen molar-refractivity contribution in [2.45, 2.75) is 6.18 Å². The van der Waals surface area contributed by atoms with Gasteiger partial charge >= 0.3 is 12.1 Å². The van der Waals surface area contributed by atoms with E-state index < -0.39 is 12.1 Å². The number of carboxylic acid groups (broad SMARTS) is 1. The van der Waals surface area contributed by atoms with Crippen molar-refractivity contribution in [3.8, 4) is 5.75 Å². The lowest BCUT2D eigenvalue weighted by Crippen LogP contribution is -2.21. The minimum absolute atomic E-state index is 0.291. The lowest BCUT2D eigenvalue weighted by Gasteiger charge is -1.93. The monoisotopic (exact) mass is 286 g/mol. The van der Waals surface area contributed by atoms with Crippen LogP contribution >= 0.6 is 15.9 Å². The number of hydrogen-bond acceptors (Lipinski definition) is 2. The minimum atomic E-state index is -5.08. The van der Waals surface area contributed by atoms with E-state index in [4.69, 9.17) is 15.0 Å². The number of benzene rings is 1. The van der Waals surface area contributed by atoms with Crippen LogP contribution in [-0.2, 0) is 4.79 Å². The molecular formula is C8H6BrF3O3. The predicted molar refractivity (Wildman–Crippen MR) is 49.5 cm³/mol. The minimum Gasteiger partial charge on any atom is -0.508 e. The first-order chi connectivity index (χ1) is 6.73. The van der Waals surface area contributed by atoms with Crippen LogP contribution in [0.15, 0.2) is 28.7 Å². The van der Waals surface area contributed by atoms with Crippen LogP contribution in [0.3, 0.4) is 0 Å². The molecule has 3 nitrogen and oxygen atoms in total. The Labute approximate surface area is 91.3 Å². The summed E-state index contributed by atoms with van der Waals surface area (Å²) in [5.74, 6) is -2.47. The van der Waals surface area contributed by atoms with E-state index in [-0.39, 0.29) is 0 Å². The summed E-state index contributed by atoms with van der Waals surface area (Å²) < 4.78 is 32.6. The van der Waals surface area contributed by atoms with Gasteiger partial charge in [-0.25, -0.2) is 4.79 Å². The molecule has 0 aromatic heterocycles. The molecular weight excluding hydrogens is 281 g/mol. The fourth-order valence-corrected chi connectivity index (χ4v) is 0.863. The maximum Gasteiger partial charge on any atom is 0.490 e. The first kappa shape index (κ1) is 13.8. The van der Waals surface area contributed by atoms with E-state index in [0.717, 1.165) is 4.47 Å². The molecule has 0 fully saturated rings. The van der Waals surface area contributed by atoms with E-state index in [9.17, 15) is 13.2 Å². The zero-order chi connectivity index (χ0) is 12.1. The molecule has 0 heterocycles. The summed E-state index contributed by atoms with van der Waals surface area (Å²) in [5, 5.41) is 15.9. The Morgan fingerprint density at radius 1 is 1.33 bits per heavy atom. The molecule has 0 aliphatic carbocycles. The Hall–Kier alpha value is -1.24. The van der Waals surface area contributed by atoms with Gasteiger partial charge in [0.15, 0.2) is 0 Å². The highest BCUT2D eigenvalue weighted by Gasteiger charge is 2.38. The first-order valence-corrected chi connectivity index (χ1v) is 4.27. The van der Waals surface area contributed by atoms with Gasteiger partial charge in [0.05, 0.1) is 0 Å². The first-order valence-electron chi connectivity index (χ1n) is 3.48. The molecule has 7 heteroatoms. The summed E-state index contributed by atoms with van der Waals surface area (Å²) in [6.07, 6.45) is -5.08. The number of hydrogen-bond donors (Lipinski definition) is 2. The lowest BCUT2D eigenvalue weighted by atomic mass is 10.3. The Balaban J connectivity index is 0.000000265. The zero-order valence-corrected chi connectivity index (χ0v) is 8.71. The molecule has 0 aliphatic rings. The van der Waals surface area contributed by atoms with E-state index >= 15 is 0 Å². The lowest BCUT2D eigenvalue weighted by molar-refractivity contribution is -0.192. The molecule has 0 spiro atoms. The highest BCUT2D eigenvalue weighted by molar-refractivity contribution is 9.10. The van der Waals surface area contributed by atoms with Crippen molar-refractivity contribution in [2.75, 3.05) is 0 Å². The van der Waals surface area contributed by atoms with Crippen molar-refractivity contribution in [3.63, 3.8) is 0 Å². The predicted octanol–water partition coefficient (Wildman–Crippen LogP) is 2.79.